The fourth-order valence-electron chi connectivity index (χ4n) is 1.98. The second-order valence-electron chi connectivity index (χ2n) is 4.87. The van der Waals surface area contributed by atoms with E-state index < -0.39 is 5.82 Å². The molecule has 0 amide bonds. The number of aryl methyl sites for hydroxylation is 2. The van der Waals surface area contributed by atoms with Gasteiger partial charge in [0.25, 0.3) is 0 Å². The van der Waals surface area contributed by atoms with Crippen LogP contribution in [0.15, 0.2) is 18.2 Å². The SMILES string of the molecule is CCCNc1nc(C)c(C)nc1-c1ccc(OC)c(F)c1. The molecule has 1 N–H and O–H groups in total. The molecular formula is C16H20FN3O. The van der Waals surface area contributed by atoms with Crippen LogP contribution in [0.5, 0.6) is 5.75 Å². The molecule has 0 saturated carbocycles. The van der Waals surface area contributed by atoms with E-state index in [4.69, 9.17) is 4.74 Å². The lowest BCUT2D eigenvalue weighted by Crippen LogP contribution is -2.07. The third-order valence-electron chi connectivity index (χ3n) is 3.27. The molecule has 1 heterocycles. The van der Waals surface area contributed by atoms with Gasteiger partial charge in [0, 0.05) is 12.1 Å². The van der Waals surface area contributed by atoms with Crippen LogP contribution in [-0.4, -0.2) is 23.6 Å². The van der Waals surface area contributed by atoms with Gasteiger partial charge in [-0.15, -0.1) is 0 Å². The molecule has 21 heavy (non-hydrogen) atoms. The molecule has 0 radical (unpaired) electrons. The number of nitrogens with zero attached hydrogens (tertiary/aromatic N) is 2. The summed E-state index contributed by atoms with van der Waals surface area (Å²) in [6.07, 6.45) is 0.977. The lowest BCUT2D eigenvalue weighted by atomic mass is 10.1. The minimum absolute atomic E-state index is 0.221. The number of benzene rings is 1. The largest absolute Gasteiger partial charge is 0.494 e. The average Bonchev–Trinajstić information content (AvgIpc) is 2.48. The van der Waals surface area contributed by atoms with E-state index in [0.29, 0.717) is 17.1 Å². The van der Waals surface area contributed by atoms with Crippen LogP contribution in [-0.2, 0) is 0 Å². The lowest BCUT2D eigenvalue weighted by Gasteiger charge is -2.13. The van der Waals surface area contributed by atoms with Crippen molar-refractivity contribution in [3.8, 4) is 17.0 Å². The number of nitrogens with one attached hydrogen (secondary N) is 1. The summed E-state index contributed by atoms with van der Waals surface area (Å²) in [5, 5.41) is 3.25. The van der Waals surface area contributed by atoms with Gasteiger partial charge in [0.1, 0.15) is 5.69 Å². The van der Waals surface area contributed by atoms with Crippen LogP contribution in [0.3, 0.4) is 0 Å². The summed E-state index contributed by atoms with van der Waals surface area (Å²) in [5.74, 6) is 0.500. The summed E-state index contributed by atoms with van der Waals surface area (Å²) in [4.78, 5) is 9.09. The number of hydrogen-bond donors (Lipinski definition) is 1. The molecule has 0 spiro atoms. The molecule has 4 nitrogen and oxygen atoms in total. The Bertz CT molecular complexity index is 644. The molecule has 0 bridgehead atoms. The van der Waals surface area contributed by atoms with Gasteiger partial charge in [-0.05, 0) is 38.5 Å². The number of rotatable bonds is 5. The standard InChI is InChI=1S/C16H20FN3O/c1-5-8-18-16-15(19-10(2)11(3)20-16)12-6-7-14(21-4)13(17)9-12/h6-7,9H,5,8H2,1-4H3,(H,18,20). The third-order valence-corrected chi connectivity index (χ3v) is 3.27. The molecule has 1 aromatic heterocycles. The van der Waals surface area contributed by atoms with Gasteiger partial charge in [0.05, 0.1) is 18.5 Å². The van der Waals surface area contributed by atoms with Gasteiger partial charge >= 0.3 is 0 Å². The number of hydrogen-bond acceptors (Lipinski definition) is 4. The number of ether oxygens (including phenoxy) is 1. The van der Waals surface area contributed by atoms with Crippen LogP contribution < -0.4 is 10.1 Å². The molecule has 1 aromatic carbocycles. The van der Waals surface area contributed by atoms with Crippen molar-refractivity contribution >= 4 is 5.82 Å². The Hall–Kier alpha value is -2.17. The van der Waals surface area contributed by atoms with Gasteiger partial charge in [-0.25, -0.2) is 14.4 Å². The highest BCUT2D eigenvalue weighted by Crippen LogP contribution is 2.29. The average molecular weight is 289 g/mol. The number of aromatic nitrogens is 2. The zero-order valence-corrected chi connectivity index (χ0v) is 12.8. The highest BCUT2D eigenvalue weighted by molar-refractivity contribution is 5.72. The van der Waals surface area contributed by atoms with Crippen LogP contribution in [0.1, 0.15) is 24.7 Å². The van der Waals surface area contributed by atoms with Crippen molar-refractivity contribution in [2.24, 2.45) is 0 Å². The van der Waals surface area contributed by atoms with E-state index >= 15 is 0 Å². The first kappa shape index (κ1) is 15.2. The van der Waals surface area contributed by atoms with Crippen LogP contribution >= 0.6 is 0 Å². The predicted octanol–water partition coefficient (Wildman–Crippen LogP) is 3.73. The Morgan fingerprint density at radius 1 is 1.19 bits per heavy atom. The first-order valence-electron chi connectivity index (χ1n) is 6.99. The smallest absolute Gasteiger partial charge is 0.165 e. The Morgan fingerprint density at radius 3 is 2.52 bits per heavy atom. The fourth-order valence-corrected chi connectivity index (χ4v) is 1.98. The molecule has 2 aromatic rings. The van der Waals surface area contributed by atoms with E-state index in [-0.39, 0.29) is 5.75 Å². The van der Waals surface area contributed by atoms with Crippen molar-refractivity contribution in [1.82, 2.24) is 9.97 Å². The summed E-state index contributed by atoms with van der Waals surface area (Å²) in [5.41, 5.74) is 3.05. The molecule has 0 aliphatic rings. The maximum atomic E-state index is 13.9. The highest BCUT2D eigenvalue weighted by atomic mass is 19.1. The van der Waals surface area contributed by atoms with Gasteiger partial charge in [-0.3, -0.25) is 0 Å². The first-order chi connectivity index (χ1) is 10.1. The molecule has 0 saturated heterocycles. The topological polar surface area (TPSA) is 47.0 Å². The second kappa shape index (κ2) is 6.52. The maximum absolute atomic E-state index is 13.9. The third kappa shape index (κ3) is 3.29. The first-order valence-corrected chi connectivity index (χ1v) is 6.99. The lowest BCUT2D eigenvalue weighted by molar-refractivity contribution is 0.386. The predicted molar refractivity (Wildman–Crippen MR) is 82.2 cm³/mol. The minimum Gasteiger partial charge on any atom is -0.494 e. The van der Waals surface area contributed by atoms with E-state index in [1.165, 1.54) is 13.2 Å². The Labute approximate surface area is 124 Å². The van der Waals surface area contributed by atoms with Crippen LogP contribution in [0.4, 0.5) is 10.2 Å². The maximum Gasteiger partial charge on any atom is 0.165 e. The molecule has 112 valence electrons. The molecule has 0 aliphatic carbocycles. The van der Waals surface area contributed by atoms with E-state index in [0.717, 1.165) is 24.4 Å². The van der Waals surface area contributed by atoms with Crippen LogP contribution in [0.25, 0.3) is 11.3 Å². The summed E-state index contributed by atoms with van der Waals surface area (Å²) in [6.45, 7) is 6.68. The second-order valence-corrected chi connectivity index (χ2v) is 4.87. The van der Waals surface area contributed by atoms with Crippen molar-refractivity contribution in [3.63, 3.8) is 0 Å². The summed E-state index contributed by atoms with van der Waals surface area (Å²) in [6, 6.07) is 4.82. The fraction of sp³-hybridized carbons (Fsp3) is 0.375. The zero-order chi connectivity index (χ0) is 15.4. The van der Waals surface area contributed by atoms with Gasteiger partial charge < -0.3 is 10.1 Å². The van der Waals surface area contributed by atoms with Gasteiger partial charge in [-0.2, -0.15) is 0 Å². The number of methoxy groups -OCH3 is 1. The van der Waals surface area contributed by atoms with Crippen molar-refractivity contribution in [2.45, 2.75) is 27.2 Å². The van der Waals surface area contributed by atoms with Crippen molar-refractivity contribution in [2.75, 3.05) is 19.0 Å². The molecule has 0 atom stereocenters. The molecule has 2 rings (SSSR count). The van der Waals surface area contributed by atoms with E-state index in [9.17, 15) is 4.39 Å². The Balaban J connectivity index is 2.50. The summed E-state index contributed by atoms with van der Waals surface area (Å²) in [7, 11) is 1.45. The molecular weight excluding hydrogens is 269 g/mol. The van der Waals surface area contributed by atoms with Crippen molar-refractivity contribution in [1.29, 1.82) is 0 Å². The Morgan fingerprint density at radius 2 is 1.90 bits per heavy atom. The molecule has 0 unspecified atom stereocenters. The van der Waals surface area contributed by atoms with E-state index in [1.807, 2.05) is 13.8 Å². The van der Waals surface area contributed by atoms with Crippen molar-refractivity contribution < 1.29 is 9.13 Å². The van der Waals surface area contributed by atoms with Crippen molar-refractivity contribution in [3.05, 3.63) is 35.4 Å². The quantitative estimate of drug-likeness (QED) is 0.911. The zero-order valence-electron chi connectivity index (χ0n) is 12.8. The summed E-state index contributed by atoms with van der Waals surface area (Å²) < 4.78 is 18.9. The molecule has 0 fully saturated rings. The Kier molecular flexibility index (Phi) is 4.73. The monoisotopic (exact) mass is 289 g/mol. The summed E-state index contributed by atoms with van der Waals surface area (Å²) >= 11 is 0. The highest BCUT2D eigenvalue weighted by Gasteiger charge is 2.13. The van der Waals surface area contributed by atoms with E-state index in [2.05, 4.69) is 22.2 Å². The van der Waals surface area contributed by atoms with Crippen LogP contribution in [0, 0.1) is 19.7 Å². The molecule has 5 heteroatoms. The minimum atomic E-state index is -0.406. The van der Waals surface area contributed by atoms with E-state index in [1.54, 1.807) is 12.1 Å². The van der Waals surface area contributed by atoms with Crippen LogP contribution in [0.2, 0.25) is 0 Å². The number of anilines is 1. The van der Waals surface area contributed by atoms with Gasteiger partial charge in [0.15, 0.2) is 17.4 Å². The van der Waals surface area contributed by atoms with Gasteiger partial charge in [-0.1, -0.05) is 6.92 Å². The van der Waals surface area contributed by atoms with Gasteiger partial charge in [0.2, 0.25) is 0 Å². The normalized spacial score (nSPS) is 10.5. The number of halogens is 1. The molecule has 0 aliphatic heterocycles.